The average molecular weight is 274 g/mol. The summed E-state index contributed by atoms with van der Waals surface area (Å²) in [5.41, 5.74) is 3.00. The van der Waals surface area contributed by atoms with E-state index in [0.717, 1.165) is 26.2 Å². The van der Waals surface area contributed by atoms with Crippen LogP contribution in [0.1, 0.15) is 37.4 Å². The van der Waals surface area contributed by atoms with Crippen LogP contribution in [0.25, 0.3) is 0 Å². The standard InChI is InChI=1S/C17H26N2O/c1-13(2)19-9-10-20-15(12-19)11-18-17-8-7-14-5-3-4-6-16(14)17/h3-6,13,15,17-18H,7-12H2,1-2H3. The van der Waals surface area contributed by atoms with Gasteiger partial charge in [0.15, 0.2) is 0 Å². The molecule has 3 nitrogen and oxygen atoms in total. The van der Waals surface area contributed by atoms with Crippen LogP contribution in [0.15, 0.2) is 24.3 Å². The van der Waals surface area contributed by atoms with E-state index in [1.165, 1.54) is 24.0 Å². The van der Waals surface area contributed by atoms with Crippen LogP contribution in [0.3, 0.4) is 0 Å². The van der Waals surface area contributed by atoms with Gasteiger partial charge in [0.05, 0.1) is 12.7 Å². The molecule has 110 valence electrons. The predicted octanol–water partition coefficient (Wildman–Crippen LogP) is 2.37. The van der Waals surface area contributed by atoms with Crippen LogP contribution in [0.4, 0.5) is 0 Å². The number of nitrogens with zero attached hydrogens (tertiary/aromatic N) is 1. The van der Waals surface area contributed by atoms with Crippen molar-refractivity contribution < 1.29 is 4.74 Å². The minimum Gasteiger partial charge on any atom is -0.374 e. The van der Waals surface area contributed by atoms with Gasteiger partial charge in [-0.2, -0.15) is 0 Å². The first kappa shape index (κ1) is 14.1. The van der Waals surface area contributed by atoms with E-state index in [0.29, 0.717) is 18.2 Å². The Bertz CT molecular complexity index is 446. The molecule has 0 aromatic heterocycles. The Balaban J connectivity index is 1.53. The van der Waals surface area contributed by atoms with Crippen molar-refractivity contribution in [1.29, 1.82) is 0 Å². The van der Waals surface area contributed by atoms with Crippen LogP contribution < -0.4 is 5.32 Å². The van der Waals surface area contributed by atoms with Gasteiger partial charge in [-0.1, -0.05) is 24.3 Å². The summed E-state index contributed by atoms with van der Waals surface area (Å²) in [5.74, 6) is 0. The Labute approximate surface area is 122 Å². The van der Waals surface area contributed by atoms with Crippen molar-refractivity contribution in [1.82, 2.24) is 10.2 Å². The maximum absolute atomic E-state index is 5.90. The minimum atomic E-state index is 0.332. The third-order valence-corrected chi connectivity index (χ3v) is 4.63. The molecule has 0 bridgehead atoms. The molecule has 0 radical (unpaired) electrons. The van der Waals surface area contributed by atoms with Crippen molar-refractivity contribution >= 4 is 0 Å². The van der Waals surface area contributed by atoms with Crippen molar-refractivity contribution in [2.45, 2.75) is 44.9 Å². The third kappa shape index (κ3) is 3.05. The van der Waals surface area contributed by atoms with E-state index in [4.69, 9.17) is 4.74 Å². The van der Waals surface area contributed by atoms with E-state index in [1.54, 1.807) is 0 Å². The fourth-order valence-electron chi connectivity index (χ4n) is 3.38. The van der Waals surface area contributed by atoms with Gasteiger partial charge < -0.3 is 10.1 Å². The molecule has 0 amide bonds. The van der Waals surface area contributed by atoms with Crippen LogP contribution in [0, 0.1) is 0 Å². The largest absolute Gasteiger partial charge is 0.374 e. The second-order valence-corrected chi connectivity index (χ2v) is 6.28. The number of ether oxygens (including phenoxy) is 1. The zero-order valence-electron chi connectivity index (χ0n) is 12.6. The first-order valence-corrected chi connectivity index (χ1v) is 7.91. The summed E-state index contributed by atoms with van der Waals surface area (Å²) in [6.07, 6.45) is 2.76. The fraction of sp³-hybridized carbons (Fsp3) is 0.647. The van der Waals surface area contributed by atoms with Crippen molar-refractivity contribution in [2.24, 2.45) is 0 Å². The number of hydrogen-bond acceptors (Lipinski definition) is 3. The number of benzene rings is 1. The van der Waals surface area contributed by atoms with Crippen LogP contribution in [0.5, 0.6) is 0 Å². The Morgan fingerprint density at radius 3 is 3.05 bits per heavy atom. The first-order valence-electron chi connectivity index (χ1n) is 7.91. The zero-order chi connectivity index (χ0) is 13.9. The minimum absolute atomic E-state index is 0.332. The van der Waals surface area contributed by atoms with Crippen LogP contribution in [0.2, 0.25) is 0 Å². The normalized spacial score (nSPS) is 26.9. The highest BCUT2D eigenvalue weighted by Crippen LogP contribution is 2.30. The van der Waals surface area contributed by atoms with Gasteiger partial charge in [-0.15, -0.1) is 0 Å². The van der Waals surface area contributed by atoms with E-state index in [2.05, 4.69) is 48.3 Å². The monoisotopic (exact) mass is 274 g/mol. The molecule has 1 aromatic rings. The molecular formula is C17H26N2O. The number of aryl methyl sites for hydroxylation is 1. The summed E-state index contributed by atoms with van der Waals surface area (Å²) in [6, 6.07) is 9.96. The molecule has 1 saturated heterocycles. The van der Waals surface area contributed by atoms with Crippen LogP contribution in [-0.2, 0) is 11.2 Å². The Morgan fingerprint density at radius 2 is 2.20 bits per heavy atom. The molecule has 0 saturated carbocycles. The lowest BCUT2D eigenvalue weighted by molar-refractivity contribution is -0.0381. The molecule has 2 aliphatic rings. The smallest absolute Gasteiger partial charge is 0.0827 e. The van der Waals surface area contributed by atoms with Crippen LogP contribution in [-0.4, -0.2) is 43.3 Å². The quantitative estimate of drug-likeness (QED) is 0.912. The summed E-state index contributed by atoms with van der Waals surface area (Å²) in [5, 5.41) is 3.72. The molecule has 0 spiro atoms. The molecule has 2 atom stereocenters. The number of fused-ring (bicyclic) bond motifs is 1. The van der Waals surface area contributed by atoms with Gasteiger partial charge in [-0.3, -0.25) is 4.90 Å². The highest BCUT2D eigenvalue weighted by Gasteiger charge is 2.25. The van der Waals surface area contributed by atoms with Crippen molar-refractivity contribution in [3.63, 3.8) is 0 Å². The fourth-order valence-corrected chi connectivity index (χ4v) is 3.38. The van der Waals surface area contributed by atoms with Gasteiger partial charge in [0.1, 0.15) is 0 Å². The molecule has 1 aromatic carbocycles. The van der Waals surface area contributed by atoms with Crippen molar-refractivity contribution in [2.75, 3.05) is 26.2 Å². The molecule has 3 heteroatoms. The van der Waals surface area contributed by atoms with Crippen LogP contribution >= 0.6 is 0 Å². The van der Waals surface area contributed by atoms with Gasteiger partial charge in [-0.25, -0.2) is 0 Å². The average Bonchev–Trinajstić information content (AvgIpc) is 2.89. The van der Waals surface area contributed by atoms with E-state index in [-0.39, 0.29) is 0 Å². The Morgan fingerprint density at radius 1 is 1.35 bits per heavy atom. The van der Waals surface area contributed by atoms with Crippen molar-refractivity contribution in [3.8, 4) is 0 Å². The molecule has 1 aliphatic carbocycles. The molecule has 1 N–H and O–H groups in total. The summed E-state index contributed by atoms with van der Waals surface area (Å²) in [4.78, 5) is 2.51. The first-order chi connectivity index (χ1) is 9.74. The van der Waals surface area contributed by atoms with E-state index in [9.17, 15) is 0 Å². The lowest BCUT2D eigenvalue weighted by atomic mass is 10.1. The Hall–Kier alpha value is -0.900. The lowest BCUT2D eigenvalue weighted by Gasteiger charge is -2.36. The number of morpholine rings is 1. The Kier molecular flexibility index (Phi) is 4.39. The van der Waals surface area contributed by atoms with Gasteiger partial charge >= 0.3 is 0 Å². The maximum Gasteiger partial charge on any atom is 0.0827 e. The highest BCUT2D eigenvalue weighted by molar-refractivity contribution is 5.34. The molecule has 20 heavy (non-hydrogen) atoms. The van der Waals surface area contributed by atoms with E-state index in [1.807, 2.05) is 0 Å². The number of nitrogens with one attached hydrogen (secondary N) is 1. The SMILES string of the molecule is CC(C)N1CCOC(CNC2CCc3ccccc32)C1. The number of hydrogen-bond donors (Lipinski definition) is 1. The van der Waals surface area contributed by atoms with Crippen molar-refractivity contribution in [3.05, 3.63) is 35.4 Å². The highest BCUT2D eigenvalue weighted by atomic mass is 16.5. The van der Waals surface area contributed by atoms with E-state index < -0.39 is 0 Å². The predicted molar refractivity (Wildman–Crippen MR) is 82.0 cm³/mol. The maximum atomic E-state index is 5.90. The summed E-state index contributed by atoms with van der Waals surface area (Å²) < 4.78 is 5.90. The zero-order valence-corrected chi connectivity index (χ0v) is 12.6. The summed E-state index contributed by atoms with van der Waals surface area (Å²) >= 11 is 0. The number of rotatable bonds is 4. The molecular weight excluding hydrogens is 248 g/mol. The van der Waals surface area contributed by atoms with Gasteiger partial charge in [-0.05, 0) is 37.8 Å². The molecule has 2 unspecified atom stereocenters. The van der Waals surface area contributed by atoms with Gasteiger partial charge in [0.2, 0.25) is 0 Å². The molecule has 1 heterocycles. The molecule has 1 fully saturated rings. The third-order valence-electron chi connectivity index (χ3n) is 4.63. The summed E-state index contributed by atoms with van der Waals surface area (Å²) in [6.45, 7) is 8.49. The second-order valence-electron chi connectivity index (χ2n) is 6.28. The lowest BCUT2D eigenvalue weighted by Crippen LogP contribution is -2.49. The summed E-state index contributed by atoms with van der Waals surface area (Å²) in [7, 11) is 0. The van der Waals surface area contributed by atoms with Gasteiger partial charge in [0.25, 0.3) is 0 Å². The van der Waals surface area contributed by atoms with Gasteiger partial charge in [0, 0.05) is 31.7 Å². The molecule has 1 aliphatic heterocycles. The molecule has 3 rings (SSSR count). The second kappa shape index (κ2) is 6.25. The topological polar surface area (TPSA) is 24.5 Å². The van der Waals surface area contributed by atoms with E-state index >= 15 is 0 Å².